The first-order valence-corrected chi connectivity index (χ1v) is 9.10. The first kappa shape index (κ1) is 19.3. The fourth-order valence-electron chi connectivity index (χ4n) is 3.15. The van der Waals surface area contributed by atoms with Crippen molar-refractivity contribution >= 4 is 22.3 Å². The van der Waals surface area contributed by atoms with Crippen LogP contribution >= 0.6 is 0 Å². The van der Waals surface area contributed by atoms with Crippen molar-refractivity contribution in [1.29, 1.82) is 0 Å². The molecule has 3 aromatic rings. The lowest BCUT2D eigenvalue weighted by Crippen LogP contribution is -2.04. The number of nitroso groups, excluding NO2 is 1. The molecule has 0 aliphatic heterocycles. The first-order valence-electron chi connectivity index (χ1n) is 9.10. The molecule has 0 unspecified atom stereocenters. The number of hydrogen-bond acceptors (Lipinski definition) is 6. The highest BCUT2D eigenvalue weighted by Gasteiger charge is 2.21. The predicted molar refractivity (Wildman–Crippen MR) is 106 cm³/mol. The maximum Gasteiger partial charge on any atom is 0.270 e. The quantitative estimate of drug-likeness (QED) is 0.234. The summed E-state index contributed by atoms with van der Waals surface area (Å²) in [6.07, 6.45) is 3.13. The Morgan fingerprint density at radius 1 is 1.21 bits per heavy atom. The van der Waals surface area contributed by atoms with Crippen LogP contribution in [-0.2, 0) is 6.54 Å². The van der Waals surface area contributed by atoms with E-state index >= 15 is 0 Å². The number of para-hydroxylation sites is 1. The van der Waals surface area contributed by atoms with Gasteiger partial charge < -0.3 is 14.4 Å². The topological polar surface area (TPSA) is 107 Å². The Bertz CT molecular complexity index is 1010. The van der Waals surface area contributed by atoms with Gasteiger partial charge in [-0.05, 0) is 23.7 Å². The van der Waals surface area contributed by atoms with Gasteiger partial charge in [0.05, 0.1) is 23.6 Å². The lowest BCUT2D eigenvalue weighted by molar-refractivity contribution is -0.384. The molecule has 0 bridgehead atoms. The summed E-state index contributed by atoms with van der Waals surface area (Å²) >= 11 is 0. The Kier molecular flexibility index (Phi) is 5.88. The average Bonchev–Trinajstić information content (AvgIpc) is 2.96. The van der Waals surface area contributed by atoms with Crippen molar-refractivity contribution < 1.29 is 14.8 Å². The Morgan fingerprint density at radius 3 is 2.71 bits per heavy atom. The number of fused-ring (bicyclic) bond motifs is 1. The van der Waals surface area contributed by atoms with Gasteiger partial charge >= 0.3 is 0 Å². The zero-order chi connectivity index (χ0) is 20.1. The molecule has 28 heavy (non-hydrogen) atoms. The smallest absolute Gasteiger partial charge is 0.270 e. The number of hydrogen-bond donors (Lipinski definition) is 1. The molecule has 1 heterocycles. The summed E-state index contributed by atoms with van der Waals surface area (Å²) in [6, 6.07) is 11.5. The fraction of sp³-hybridized carbons (Fsp3) is 0.300. The van der Waals surface area contributed by atoms with Crippen LogP contribution in [0.2, 0.25) is 0 Å². The van der Waals surface area contributed by atoms with E-state index in [0.717, 1.165) is 24.8 Å². The molecular weight excluding hydrogens is 362 g/mol. The van der Waals surface area contributed by atoms with Gasteiger partial charge in [-0.2, -0.15) is 0 Å². The Balaban J connectivity index is 1.98. The second-order valence-electron chi connectivity index (χ2n) is 6.47. The van der Waals surface area contributed by atoms with E-state index in [1.54, 1.807) is 0 Å². The van der Waals surface area contributed by atoms with Crippen LogP contribution < -0.4 is 4.74 Å². The number of rotatable bonds is 9. The van der Waals surface area contributed by atoms with Gasteiger partial charge in [-0.15, -0.1) is 4.91 Å². The van der Waals surface area contributed by atoms with Crippen molar-refractivity contribution in [2.45, 2.75) is 32.7 Å². The third-order valence-electron chi connectivity index (χ3n) is 4.60. The molecule has 8 nitrogen and oxygen atoms in total. The maximum atomic E-state index is 11.2. The third-order valence-corrected chi connectivity index (χ3v) is 4.60. The summed E-state index contributed by atoms with van der Waals surface area (Å²) < 4.78 is 7.38. The van der Waals surface area contributed by atoms with Gasteiger partial charge in [-0.25, -0.2) is 0 Å². The largest absolute Gasteiger partial charge is 0.493 e. The van der Waals surface area contributed by atoms with Crippen molar-refractivity contribution in [3.8, 4) is 11.6 Å². The predicted octanol–water partition coefficient (Wildman–Crippen LogP) is 5.27. The van der Waals surface area contributed by atoms with E-state index in [1.807, 2.05) is 24.3 Å². The molecule has 0 radical (unpaired) electrons. The highest BCUT2D eigenvalue weighted by atomic mass is 16.6. The Morgan fingerprint density at radius 2 is 2.00 bits per heavy atom. The van der Waals surface area contributed by atoms with Gasteiger partial charge in [0.2, 0.25) is 5.88 Å². The van der Waals surface area contributed by atoms with Gasteiger partial charge in [-0.3, -0.25) is 10.1 Å². The van der Waals surface area contributed by atoms with E-state index in [9.17, 15) is 20.1 Å². The van der Waals surface area contributed by atoms with E-state index in [2.05, 4.69) is 12.1 Å². The lowest BCUT2D eigenvalue weighted by atomic mass is 10.2. The molecule has 0 atom stereocenters. The Hall–Kier alpha value is -3.42. The number of aromatic hydroxyl groups is 1. The highest BCUT2D eigenvalue weighted by Crippen LogP contribution is 2.40. The summed E-state index contributed by atoms with van der Waals surface area (Å²) in [7, 11) is 0. The highest BCUT2D eigenvalue weighted by molar-refractivity contribution is 5.96. The lowest BCUT2D eigenvalue weighted by Gasteiger charge is -2.13. The molecule has 0 fully saturated rings. The standard InChI is InChI=1S/C20H21N3O5/c1-2-3-6-11-28-18-8-5-4-7-14(18)13-22-17-10-9-15(23(26)27)12-16(17)19(21-25)20(22)24/h4-5,7-10,12,24H,2-3,6,11,13H2,1H3. The number of nitro benzene ring substituents is 1. The minimum Gasteiger partial charge on any atom is -0.493 e. The second-order valence-corrected chi connectivity index (χ2v) is 6.47. The van der Waals surface area contributed by atoms with Crippen LogP contribution in [0, 0.1) is 15.0 Å². The summed E-state index contributed by atoms with van der Waals surface area (Å²) in [5.41, 5.74) is 0.926. The SMILES string of the molecule is CCCCCOc1ccccc1Cn1c(O)c(N=O)c2cc([N+](=O)[O-])ccc21. The summed E-state index contributed by atoms with van der Waals surface area (Å²) in [5.74, 6) is 0.369. The molecule has 2 aromatic carbocycles. The minimum absolute atomic E-state index is 0.172. The van der Waals surface area contributed by atoms with Gasteiger partial charge in [0.1, 0.15) is 5.75 Å². The Labute approximate surface area is 161 Å². The van der Waals surface area contributed by atoms with Crippen LogP contribution in [0.25, 0.3) is 10.9 Å². The summed E-state index contributed by atoms with van der Waals surface area (Å²) in [6.45, 7) is 2.95. The maximum absolute atomic E-state index is 11.2. The van der Waals surface area contributed by atoms with Gasteiger partial charge in [-0.1, -0.05) is 38.0 Å². The molecule has 146 valence electrons. The number of ether oxygens (including phenoxy) is 1. The van der Waals surface area contributed by atoms with Crippen molar-refractivity contribution in [3.05, 3.63) is 63.0 Å². The van der Waals surface area contributed by atoms with Crippen LogP contribution in [-0.4, -0.2) is 21.2 Å². The number of unbranched alkanes of at least 4 members (excludes halogenated alkanes) is 2. The van der Waals surface area contributed by atoms with Crippen molar-refractivity contribution in [2.75, 3.05) is 6.61 Å². The zero-order valence-corrected chi connectivity index (χ0v) is 15.5. The molecule has 3 rings (SSSR count). The number of non-ortho nitro benzene ring substituents is 1. The molecule has 0 amide bonds. The van der Waals surface area contributed by atoms with E-state index in [0.29, 0.717) is 17.9 Å². The van der Waals surface area contributed by atoms with Crippen LogP contribution in [0.15, 0.2) is 47.6 Å². The van der Waals surface area contributed by atoms with Crippen LogP contribution in [0.5, 0.6) is 11.6 Å². The normalized spacial score (nSPS) is 10.9. The van der Waals surface area contributed by atoms with E-state index in [1.165, 1.54) is 22.8 Å². The van der Waals surface area contributed by atoms with Gasteiger partial charge in [0, 0.05) is 23.1 Å². The van der Waals surface area contributed by atoms with E-state index in [4.69, 9.17) is 4.74 Å². The summed E-state index contributed by atoms with van der Waals surface area (Å²) in [4.78, 5) is 21.7. The van der Waals surface area contributed by atoms with E-state index < -0.39 is 4.92 Å². The van der Waals surface area contributed by atoms with Crippen LogP contribution in [0.4, 0.5) is 11.4 Å². The number of nitrogens with zero attached hydrogens (tertiary/aromatic N) is 3. The molecular formula is C20H21N3O5. The second kappa shape index (κ2) is 8.51. The average molecular weight is 383 g/mol. The van der Waals surface area contributed by atoms with Gasteiger partial charge in [0.25, 0.3) is 5.69 Å². The molecule has 1 N–H and O–H groups in total. The molecule has 0 aliphatic carbocycles. The third kappa shape index (κ3) is 3.80. The van der Waals surface area contributed by atoms with Crippen molar-refractivity contribution in [3.63, 3.8) is 0 Å². The molecule has 1 aromatic heterocycles. The summed E-state index contributed by atoms with van der Waals surface area (Å²) in [5, 5.41) is 24.6. The first-order chi connectivity index (χ1) is 13.6. The number of benzene rings is 2. The van der Waals surface area contributed by atoms with Crippen molar-refractivity contribution in [2.24, 2.45) is 5.18 Å². The number of aromatic nitrogens is 1. The van der Waals surface area contributed by atoms with Crippen molar-refractivity contribution in [1.82, 2.24) is 4.57 Å². The molecule has 8 heteroatoms. The fourth-order valence-corrected chi connectivity index (χ4v) is 3.15. The minimum atomic E-state index is -0.554. The number of nitro groups is 1. The van der Waals surface area contributed by atoms with Gasteiger partial charge in [0.15, 0.2) is 5.69 Å². The van der Waals surface area contributed by atoms with Crippen LogP contribution in [0.1, 0.15) is 31.7 Å². The van der Waals surface area contributed by atoms with E-state index in [-0.39, 0.29) is 29.2 Å². The van der Waals surface area contributed by atoms with Crippen LogP contribution in [0.3, 0.4) is 0 Å². The monoisotopic (exact) mass is 383 g/mol. The zero-order valence-electron chi connectivity index (χ0n) is 15.5. The molecule has 0 spiro atoms. The molecule has 0 saturated heterocycles. The molecule has 0 aliphatic rings. The molecule has 0 saturated carbocycles.